The van der Waals surface area contributed by atoms with Crippen molar-refractivity contribution in [2.24, 2.45) is 5.92 Å². The zero-order chi connectivity index (χ0) is 20.8. The Morgan fingerprint density at radius 3 is 2.41 bits per heavy atom. The van der Waals surface area contributed by atoms with E-state index in [1.54, 1.807) is 31.4 Å². The van der Waals surface area contributed by atoms with E-state index in [1.165, 1.54) is 25.3 Å². The molecule has 7 heteroatoms. The van der Waals surface area contributed by atoms with Gasteiger partial charge < -0.3 is 19.7 Å². The molecule has 0 bridgehead atoms. The number of hydrogen-bond donors (Lipinski definition) is 1. The van der Waals surface area contributed by atoms with Crippen molar-refractivity contribution >= 4 is 11.8 Å². The second-order valence-corrected chi connectivity index (χ2v) is 7.03. The van der Waals surface area contributed by atoms with E-state index in [1.807, 2.05) is 4.90 Å². The third-order valence-corrected chi connectivity index (χ3v) is 5.17. The fraction of sp³-hybridized carbons (Fsp3) is 0.364. The summed E-state index contributed by atoms with van der Waals surface area (Å²) in [6, 6.07) is 10.8. The van der Waals surface area contributed by atoms with E-state index in [2.05, 4.69) is 5.32 Å². The topological polar surface area (TPSA) is 67.9 Å². The molecule has 0 unspecified atom stereocenters. The number of piperidine rings is 1. The van der Waals surface area contributed by atoms with Crippen LogP contribution in [0.4, 0.5) is 4.39 Å². The Morgan fingerprint density at radius 2 is 1.76 bits per heavy atom. The third kappa shape index (κ3) is 5.04. The van der Waals surface area contributed by atoms with E-state index in [9.17, 15) is 14.0 Å². The molecule has 154 valence electrons. The number of carbonyl (C=O) groups excluding carboxylic acids is 2. The van der Waals surface area contributed by atoms with E-state index in [0.29, 0.717) is 42.3 Å². The SMILES string of the molecule is COc1ccc(C(=O)N2CCC(CNC(=O)c3cccc(F)c3)CC2)cc1OC. The smallest absolute Gasteiger partial charge is 0.253 e. The van der Waals surface area contributed by atoms with Crippen LogP contribution in [0, 0.1) is 11.7 Å². The molecule has 3 rings (SSSR count). The van der Waals surface area contributed by atoms with Gasteiger partial charge in [0.05, 0.1) is 14.2 Å². The van der Waals surface area contributed by atoms with Gasteiger partial charge in [0.25, 0.3) is 11.8 Å². The summed E-state index contributed by atoms with van der Waals surface area (Å²) in [4.78, 5) is 26.7. The molecular weight excluding hydrogens is 375 g/mol. The maximum Gasteiger partial charge on any atom is 0.253 e. The predicted octanol–water partition coefficient (Wildman–Crippen LogP) is 3.13. The van der Waals surface area contributed by atoms with Crippen LogP contribution < -0.4 is 14.8 Å². The highest BCUT2D eigenvalue weighted by atomic mass is 19.1. The van der Waals surface area contributed by atoms with Gasteiger partial charge in [0, 0.05) is 30.8 Å². The Balaban J connectivity index is 1.51. The van der Waals surface area contributed by atoms with Crippen LogP contribution in [0.3, 0.4) is 0 Å². The zero-order valence-corrected chi connectivity index (χ0v) is 16.6. The Kier molecular flexibility index (Phi) is 6.69. The maximum absolute atomic E-state index is 13.2. The second-order valence-electron chi connectivity index (χ2n) is 7.03. The van der Waals surface area contributed by atoms with E-state index in [0.717, 1.165) is 12.8 Å². The minimum absolute atomic E-state index is 0.0480. The van der Waals surface area contributed by atoms with Gasteiger partial charge in [-0.05, 0) is 55.2 Å². The Morgan fingerprint density at radius 1 is 1.03 bits per heavy atom. The molecule has 0 spiro atoms. The Labute approximate surface area is 169 Å². The monoisotopic (exact) mass is 400 g/mol. The van der Waals surface area contributed by atoms with Crippen LogP contribution in [0.25, 0.3) is 0 Å². The molecule has 0 aromatic heterocycles. The number of halogens is 1. The fourth-order valence-corrected chi connectivity index (χ4v) is 3.46. The van der Waals surface area contributed by atoms with Crippen molar-refractivity contribution in [2.45, 2.75) is 12.8 Å². The van der Waals surface area contributed by atoms with Crippen LogP contribution in [-0.4, -0.2) is 50.6 Å². The van der Waals surface area contributed by atoms with E-state index in [-0.39, 0.29) is 17.7 Å². The van der Waals surface area contributed by atoms with Gasteiger partial charge >= 0.3 is 0 Å². The average molecular weight is 400 g/mol. The minimum Gasteiger partial charge on any atom is -0.493 e. The summed E-state index contributed by atoms with van der Waals surface area (Å²) < 4.78 is 23.7. The first kappa shape index (κ1) is 20.6. The number of hydrogen-bond acceptors (Lipinski definition) is 4. The summed E-state index contributed by atoms with van der Waals surface area (Å²) >= 11 is 0. The molecule has 0 aliphatic carbocycles. The lowest BCUT2D eigenvalue weighted by molar-refractivity contribution is 0.0684. The third-order valence-electron chi connectivity index (χ3n) is 5.17. The van der Waals surface area contributed by atoms with E-state index in [4.69, 9.17) is 9.47 Å². The largest absolute Gasteiger partial charge is 0.493 e. The molecular formula is C22H25FN2O4. The number of rotatable bonds is 6. The molecule has 2 aromatic carbocycles. The number of methoxy groups -OCH3 is 2. The van der Waals surface area contributed by atoms with Crippen molar-refractivity contribution < 1.29 is 23.5 Å². The molecule has 2 amide bonds. The number of nitrogens with zero attached hydrogens (tertiary/aromatic N) is 1. The van der Waals surface area contributed by atoms with Crippen LogP contribution in [-0.2, 0) is 0 Å². The number of ether oxygens (including phenoxy) is 2. The van der Waals surface area contributed by atoms with Gasteiger partial charge in [0.1, 0.15) is 5.82 Å². The molecule has 0 radical (unpaired) electrons. The molecule has 0 saturated carbocycles. The molecule has 1 fully saturated rings. The van der Waals surface area contributed by atoms with Gasteiger partial charge in [-0.2, -0.15) is 0 Å². The van der Waals surface area contributed by atoms with Crippen molar-refractivity contribution in [1.29, 1.82) is 0 Å². The zero-order valence-electron chi connectivity index (χ0n) is 16.6. The molecule has 1 aliphatic rings. The summed E-state index contributed by atoms with van der Waals surface area (Å²) in [6.45, 7) is 1.75. The Bertz CT molecular complexity index is 879. The van der Waals surface area contributed by atoms with Gasteiger partial charge in [-0.15, -0.1) is 0 Å². The number of carbonyl (C=O) groups is 2. The molecule has 2 aromatic rings. The quantitative estimate of drug-likeness (QED) is 0.809. The normalized spacial score (nSPS) is 14.4. The van der Waals surface area contributed by atoms with E-state index < -0.39 is 5.82 Å². The van der Waals surface area contributed by atoms with Crippen molar-refractivity contribution in [3.8, 4) is 11.5 Å². The van der Waals surface area contributed by atoms with Crippen LogP contribution in [0.1, 0.15) is 33.6 Å². The number of amides is 2. The molecule has 1 N–H and O–H groups in total. The number of benzene rings is 2. The van der Waals surface area contributed by atoms with Gasteiger partial charge in [0.2, 0.25) is 0 Å². The highest BCUT2D eigenvalue weighted by molar-refractivity contribution is 5.95. The lowest BCUT2D eigenvalue weighted by atomic mass is 9.96. The number of likely N-dealkylation sites (tertiary alicyclic amines) is 1. The summed E-state index contributed by atoms with van der Waals surface area (Å²) in [7, 11) is 3.09. The first-order valence-corrected chi connectivity index (χ1v) is 9.57. The fourth-order valence-electron chi connectivity index (χ4n) is 3.46. The second kappa shape index (κ2) is 9.41. The predicted molar refractivity (Wildman–Crippen MR) is 107 cm³/mol. The lowest BCUT2D eigenvalue weighted by Gasteiger charge is -2.32. The van der Waals surface area contributed by atoms with Gasteiger partial charge in [-0.25, -0.2) is 4.39 Å². The van der Waals surface area contributed by atoms with Crippen molar-refractivity contribution in [3.05, 3.63) is 59.4 Å². The summed E-state index contributed by atoms with van der Waals surface area (Å²) in [5.74, 6) is 0.619. The van der Waals surface area contributed by atoms with Gasteiger partial charge in [-0.3, -0.25) is 9.59 Å². The molecule has 0 atom stereocenters. The highest BCUT2D eigenvalue weighted by Gasteiger charge is 2.24. The molecule has 1 saturated heterocycles. The minimum atomic E-state index is -0.431. The van der Waals surface area contributed by atoms with Gasteiger partial charge in [0.15, 0.2) is 11.5 Å². The maximum atomic E-state index is 13.2. The molecule has 1 aliphatic heterocycles. The first-order valence-electron chi connectivity index (χ1n) is 9.57. The average Bonchev–Trinajstić information content (AvgIpc) is 2.76. The molecule has 1 heterocycles. The van der Waals surface area contributed by atoms with Crippen molar-refractivity contribution in [1.82, 2.24) is 10.2 Å². The van der Waals surface area contributed by atoms with Crippen LogP contribution in [0.5, 0.6) is 11.5 Å². The van der Waals surface area contributed by atoms with Crippen LogP contribution in [0.2, 0.25) is 0 Å². The lowest BCUT2D eigenvalue weighted by Crippen LogP contribution is -2.41. The Hall–Kier alpha value is -3.09. The summed E-state index contributed by atoms with van der Waals surface area (Å²) in [5, 5.41) is 2.86. The highest BCUT2D eigenvalue weighted by Crippen LogP contribution is 2.28. The van der Waals surface area contributed by atoms with Crippen LogP contribution in [0.15, 0.2) is 42.5 Å². The van der Waals surface area contributed by atoms with Crippen molar-refractivity contribution in [2.75, 3.05) is 33.9 Å². The number of nitrogens with one attached hydrogen (secondary N) is 1. The van der Waals surface area contributed by atoms with E-state index >= 15 is 0 Å². The van der Waals surface area contributed by atoms with Gasteiger partial charge in [-0.1, -0.05) is 6.07 Å². The standard InChI is InChI=1S/C22H25FN2O4/c1-28-19-7-6-17(13-20(19)29-2)22(27)25-10-8-15(9-11-25)14-24-21(26)16-4-3-5-18(23)12-16/h3-7,12-13,15H,8-11,14H2,1-2H3,(H,24,26). The summed E-state index contributed by atoms with van der Waals surface area (Å²) in [6.07, 6.45) is 1.59. The molecule has 29 heavy (non-hydrogen) atoms. The summed E-state index contributed by atoms with van der Waals surface area (Å²) in [5.41, 5.74) is 0.867. The first-order chi connectivity index (χ1) is 14.0. The van der Waals surface area contributed by atoms with Crippen molar-refractivity contribution in [3.63, 3.8) is 0 Å². The molecule has 6 nitrogen and oxygen atoms in total. The van der Waals surface area contributed by atoms with Crippen LogP contribution >= 0.6 is 0 Å².